The molecule has 1 aliphatic heterocycles. The normalized spacial score (nSPS) is 20.8. The summed E-state index contributed by atoms with van der Waals surface area (Å²) in [5.41, 5.74) is -1.28. The van der Waals surface area contributed by atoms with Crippen molar-refractivity contribution in [3.8, 4) is 5.88 Å². The number of carboxylic acid groups (broad SMARTS) is 1. The molecule has 0 aromatic carbocycles. The van der Waals surface area contributed by atoms with Crippen molar-refractivity contribution >= 4 is 11.9 Å². The van der Waals surface area contributed by atoms with E-state index < -0.39 is 36.4 Å². The van der Waals surface area contributed by atoms with Crippen LogP contribution in [0.5, 0.6) is 5.88 Å². The summed E-state index contributed by atoms with van der Waals surface area (Å²) in [5.74, 6) is -6.35. The largest absolute Gasteiger partial charge is 0.480 e. The van der Waals surface area contributed by atoms with Crippen LogP contribution in [0.15, 0.2) is 18.3 Å². The number of likely N-dealkylation sites (tertiary alicyclic amines) is 1. The quantitative estimate of drug-likeness (QED) is 0.785. The third kappa shape index (κ3) is 3.83. The maximum atomic E-state index is 12.8. The van der Waals surface area contributed by atoms with E-state index in [-0.39, 0.29) is 18.0 Å². The molecule has 0 aliphatic carbocycles. The van der Waals surface area contributed by atoms with Crippen LogP contribution < -0.4 is 4.74 Å². The molecule has 1 atom stereocenters. The summed E-state index contributed by atoms with van der Waals surface area (Å²) in [4.78, 5) is 28.7. The number of pyridine rings is 1. The van der Waals surface area contributed by atoms with Gasteiger partial charge in [0.1, 0.15) is 5.54 Å². The highest BCUT2D eigenvalue weighted by Crippen LogP contribution is 2.31. The summed E-state index contributed by atoms with van der Waals surface area (Å²) in [7, 11) is 0. The maximum absolute atomic E-state index is 12.8. The molecular formula is C15H16F4N2O4. The molecule has 0 spiro atoms. The number of aliphatic carboxylic acids is 1. The number of amides is 1. The van der Waals surface area contributed by atoms with Gasteiger partial charge in [0.05, 0.1) is 5.56 Å². The molecule has 1 aliphatic rings. The first-order valence-corrected chi connectivity index (χ1v) is 7.38. The van der Waals surface area contributed by atoms with Crippen molar-refractivity contribution in [1.29, 1.82) is 0 Å². The third-order valence-electron chi connectivity index (χ3n) is 4.06. The van der Waals surface area contributed by atoms with Crippen LogP contribution in [0.1, 0.15) is 30.1 Å². The number of ether oxygens (including phenoxy) is 1. The molecule has 138 valence electrons. The van der Waals surface area contributed by atoms with E-state index in [9.17, 15) is 32.3 Å². The number of alkyl halides is 4. The lowest BCUT2D eigenvalue weighted by Gasteiger charge is -2.31. The number of carboxylic acids is 1. The molecule has 1 aromatic heterocycles. The van der Waals surface area contributed by atoms with E-state index in [1.807, 2.05) is 0 Å². The predicted octanol–water partition coefficient (Wildman–Crippen LogP) is 2.44. The molecule has 1 aromatic rings. The average Bonchev–Trinajstić information content (AvgIpc) is 2.96. The average molecular weight is 364 g/mol. The van der Waals surface area contributed by atoms with Gasteiger partial charge < -0.3 is 14.7 Å². The fourth-order valence-corrected chi connectivity index (χ4v) is 2.49. The lowest BCUT2D eigenvalue weighted by molar-refractivity contribution is -0.148. The summed E-state index contributed by atoms with van der Waals surface area (Å²) in [5, 5.41) is 9.31. The van der Waals surface area contributed by atoms with Gasteiger partial charge in [0, 0.05) is 18.8 Å². The molecule has 1 amide bonds. The Balaban J connectivity index is 2.07. The summed E-state index contributed by atoms with van der Waals surface area (Å²) >= 11 is 0. The second-order valence-electron chi connectivity index (χ2n) is 5.87. The zero-order valence-electron chi connectivity index (χ0n) is 13.2. The summed E-state index contributed by atoms with van der Waals surface area (Å²) in [6.45, 7) is 0.159. The summed E-state index contributed by atoms with van der Waals surface area (Å²) < 4.78 is 54.2. The lowest BCUT2D eigenvalue weighted by Crippen LogP contribution is -2.50. The Morgan fingerprint density at radius 2 is 2.12 bits per heavy atom. The van der Waals surface area contributed by atoms with Crippen LogP contribution in [-0.2, 0) is 4.79 Å². The Hall–Kier alpha value is -2.39. The third-order valence-corrected chi connectivity index (χ3v) is 4.06. The SMILES string of the molecule is CC1(C(=O)O)CCCN1C(=O)c1ccc(OCC(F)(F)C(F)F)nc1. The molecule has 1 unspecified atom stereocenters. The molecule has 0 bridgehead atoms. The van der Waals surface area contributed by atoms with Crippen LogP contribution >= 0.6 is 0 Å². The number of carbonyl (C=O) groups excluding carboxylic acids is 1. The van der Waals surface area contributed by atoms with Crippen LogP contribution in [0.2, 0.25) is 0 Å². The van der Waals surface area contributed by atoms with Crippen molar-refractivity contribution in [3.63, 3.8) is 0 Å². The molecule has 0 saturated carbocycles. The minimum atomic E-state index is -4.31. The highest BCUT2D eigenvalue weighted by Gasteiger charge is 2.46. The molecule has 1 N–H and O–H groups in total. The van der Waals surface area contributed by atoms with Crippen molar-refractivity contribution in [2.45, 2.75) is 37.7 Å². The van der Waals surface area contributed by atoms with Crippen LogP contribution in [0.3, 0.4) is 0 Å². The molecule has 6 nitrogen and oxygen atoms in total. The molecule has 1 fully saturated rings. The number of hydrogen-bond acceptors (Lipinski definition) is 4. The number of rotatable bonds is 6. The molecule has 2 rings (SSSR count). The van der Waals surface area contributed by atoms with E-state index in [4.69, 9.17) is 0 Å². The van der Waals surface area contributed by atoms with Gasteiger partial charge in [0.2, 0.25) is 5.88 Å². The highest BCUT2D eigenvalue weighted by molar-refractivity contribution is 5.98. The van der Waals surface area contributed by atoms with Gasteiger partial charge in [-0.1, -0.05) is 0 Å². The molecular weight excluding hydrogens is 348 g/mol. The van der Waals surface area contributed by atoms with Crippen molar-refractivity contribution in [2.75, 3.05) is 13.2 Å². The summed E-state index contributed by atoms with van der Waals surface area (Å²) in [6, 6.07) is 2.30. The van der Waals surface area contributed by atoms with E-state index in [0.29, 0.717) is 12.8 Å². The van der Waals surface area contributed by atoms with E-state index >= 15 is 0 Å². The van der Waals surface area contributed by atoms with Gasteiger partial charge in [0.25, 0.3) is 5.91 Å². The number of carbonyl (C=O) groups is 2. The van der Waals surface area contributed by atoms with Gasteiger partial charge >= 0.3 is 18.3 Å². The van der Waals surface area contributed by atoms with Crippen molar-refractivity contribution < 1.29 is 37.0 Å². The standard InChI is InChI=1S/C15H16F4N2O4/c1-14(13(23)24)5-2-6-21(14)11(22)9-3-4-10(20-7-9)25-8-15(18,19)12(16)17/h3-4,7,12H,2,5-6,8H2,1H3,(H,23,24). The van der Waals surface area contributed by atoms with E-state index in [1.165, 1.54) is 17.9 Å². The molecule has 2 heterocycles. The smallest absolute Gasteiger partial charge is 0.340 e. The fourth-order valence-electron chi connectivity index (χ4n) is 2.49. The lowest BCUT2D eigenvalue weighted by atomic mass is 9.99. The van der Waals surface area contributed by atoms with Crippen molar-refractivity contribution in [3.05, 3.63) is 23.9 Å². The van der Waals surface area contributed by atoms with E-state index in [1.54, 1.807) is 0 Å². The number of halogens is 4. The Bertz CT molecular complexity index is 653. The van der Waals surface area contributed by atoms with Crippen LogP contribution in [0.25, 0.3) is 0 Å². The van der Waals surface area contributed by atoms with Crippen molar-refractivity contribution in [2.24, 2.45) is 0 Å². The van der Waals surface area contributed by atoms with Crippen LogP contribution in [0, 0.1) is 0 Å². The Kier molecular flexibility index (Phi) is 5.19. The minimum absolute atomic E-state index is 0.0438. The van der Waals surface area contributed by atoms with Crippen LogP contribution in [-0.4, -0.2) is 57.9 Å². The summed E-state index contributed by atoms with van der Waals surface area (Å²) in [6.07, 6.45) is -1.99. The molecule has 10 heteroatoms. The van der Waals surface area contributed by atoms with Crippen molar-refractivity contribution in [1.82, 2.24) is 9.88 Å². The van der Waals surface area contributed by atoms with Gasteiger partial charge in [-0.05, 0) is 25.8 Å². The highest BCUT2D eigenvalue weighted by atomic mass is 19.3. The maximum Gasteiger partial charge on any atom is 0.340 e. The Morgan fingerprint density at radius 1 is 1.44 bits per heavy atom. The number of nitrogens with zero attached hydrogens (tertiary/aromatic N) is 2. The topological polar surface area (TPSA) is 79.7 Å². The van der Waals surface area contributed by atoms with Gasteiger partial charge in [0.15, 0.2) is 6.61 Å². The number of aromatic nitrogens is 1. The van der Waals surface area contributed by atoms with Gasteiger partial charge in [-0.15, -0.1) is 0 Å². The van der Waals surface area contributed by atoms with E-state index in [2.05, 4.69) is 9.72 Å². The zero-order valence-corrected chi connectivity index (χ0v) is 13.2. The Labute approximate surface area is 140 Å². The monoisotopic (exact) mass is 364 g/mol. The van der Waals surface area contributed by atoms with Gasteiger partial charge in [-0.25, -0.2) is 18.6 Å². The van der Waals surface area contributed by atoms with Gasteiger partial charge in [-0.3, -0.25) is 4.79 Å². The second kappa shape index (κ2) is 6.85. The molecule has 0 radical (unpaired) electrons. The minimum Gasteiger partial charge on any atom is -0.480 e. The van der Waals surface area contributed by atoms with Gasteiger partial charge in [-0.2, -0.15) is 8.78 Å². The fraction of sp³-hybridized carbons (Fsp3) is 0.533. The van der Waals surface area contributed by atoms with E-state index in [0.717, 1.165) is 12.3 Å². The first kappa shape index (κ1) is 18.9. The first-order valence-electron chi connectivity index (χ1n) is 7.38. The second-order valence-corrected chi connectivity index (χ2v) is 5.87. The number of hydrogen-bond donors (Lipinski definition) is 1. The molecule has 25 heavy (non-hydrogen) atoms. The predicted molar refractivity (Wildman–Crippen MR) is 77.0 cm³/mol. The van der Waals surface area contributed by atoms with Crippen LogP contribution in [0.4, 0.5) is 17.6 Å². The zero-order chi connectivity index (χ0) is 18.8. The first-order chi connectivity index (χ1) is 11.6. The Morgan fingerprint density at radius 3 is 2.64 bits per heavy atom. The molecule has 1 saturated heterocycles.